The van der Waals surface area contributed by atoms with Crippen molar-refractivity contribution in [3.05, 3.63) is 0 Å². The summed E-state index contributed by atoms with van der Waals surface area (Å²) in [5.41, 5.74) is 5.68. The van der Waals surface area contributed by atoms with Crippen molar-refractivity contribution in [3.8, 4) is 0 Å². The smallest absolute Gasteiger partial charge is 0.0700 e. The van der Waals surface area contributed by atoms with E-state index in [-0.39, 0.29) is 5.60 Å². The maximum Gasteiger partial charge on any atom is 0.0700 e. The van der Waals surface area contributed by atoms with Crippen LogP contribution in [0.5, 0.6) is 0 Å². The van der Waals surface area contributed by atoms with Gasteiger partial charge in [-0.25, -0.2) is 0 Å². The molecule has 0 radical (unpaired) electrons. The van der Waals surface area contributed by atoms with E-state index in [4.69, 9.17) is 5.73 Å². The summed E-state index contributed by atoms with van der Waals surface area (Å²) >= 11 is 0. The van der Waals surface area contributed by atoms with E-state index < -0.39 is 0 Å². The van der Waals surface area contributed by atoms with Crippen molar-refractivity contribution in [2.45, 2.75) is 75.5 Å². The van der Waals surface area contributed by atoms with E-state index in [1.807, 2.05) is 0 Å². The van der Waals surface area contributed by atoms with Crippen LogP contribution >= 0.6 is 0 Å². The molecule has 1 heterocycles. The van der Waals surface area contributed by atoms with Gasteiger partial charge in [0.2, 0.25) is 0 Å². The summed E-state index contributed by atoms with van der Waals surface area (Å²) in [6.45, 7) is 2.24. The molecule has 2 aliphatic carbocycles. The van der Waals surface area contributed by atoms with Gasteiger partial charge in [0.15, 0.2) is 0 Å². The van der Waals surface area contributed by atoms with Crippen LogP contribution in [0.15, 0.2) is 0 Å². The van der Waals surface area contributed by atoms with E-state index in [1.165, 1.54) is 44.9 Å². The average Bonchev–Trinajstić information content (AvgIpc) is 2.39. The first-order chi connectivity index (χ1) is 8.67. The van der Waals surface area contributed by atoms with Gasteiger partial charge < -0.3 is 10.8 Å². The maximum atomic E-state index is 10.7. The van der Waals surface area contributed by atoms with Crippen molar-refractivity contribution in [1.29, 1.82) is 0 Å². The molecule has 3 rings (SSSR count). The van der Waals surface area contributed by atoms with E-state index in [2.05, 4.69) is 4.90 Å². The molecule has 0 spiro atoms. The lowest BCUT2D eigenvalue weighted by Gasteiger charge is -2.50. The second-order valence-electron chi connectivity index (χ2n) is 6.86. The zero-order valence-corrected chi connectivity index (χ0v) is 11.5. The molecule has 0 aromatic carbocycles. The standard InChI is InChI=1S/C15H28N2O/c16-13-4-6-14(7-5-13)17-10-9-15(18)8-2-1-3-12(15)11-17/h12-14,18H,1-11,16H2. The number of nitrogens with two attached hydrogens (primary N) is 1. The van der Waals surface area contributed by atoms with Crippen LogP contribution in [-0.2, 0) is 0 Å². The van der Waals surface area contributed by atoms with E-state index in [0.29, 0.717) is 12.0 Å². The molecule has 3 N–H and O–H groups in total. The van der Waals surface area contributed by atoms with Crippen LogP contribution in [0.1, 0.15) is 57.8 Å². The molecule has 0 aromatic rings. The number of rotatable bonds is 1. The first-order valence-electron chi connectivity index (χ1n) is 7.89. The summed E-state index contributed by atoms with van der Waals surface area (Å²) in [5, 5.41) is 10.7. The summed E-state index contributed by atoms with van der Waals surface area (Å²) < 4.78 is 0. The highest BCUT2D eigenvalue weighted by molar-refractivity contribution is 4.97. The summed E-state index contributed by atoms with van der Waals surface area (Å²) in [6.07, 6.45) is 10.7. The Kier molecular flexibility index (Phi) is 3.65. The number of nitrogens with zero attached hydrogens (tertiary/aromatic N) is 1. The van der Waals surface area contributed by atoms with Crippen molar-refractivity contribution in [1.82, 2.24) is 4.90 Å². The lowest BCUT2D eigenvalue weighted by molar-refractivity contribution is -0.105. The Hall–Kier alpha value is -0.120. The minimum absolute atomic E-state index is 0.320. The quantitative estimate of drug-likeness (QED) is 0.749. The zero-order valence-electron chi connectivity index (χ0n) is 11.5. The van der Waals surface area contributed by atoms with Gasteiger partial charge in [-0.1, -0.05) is 12.8 Å². The van der Waals surface area contributed by atoms with E-state index >= 15 is 0 Å². The Balaban J connectivity index is 1.60. The van der Waals surface area contributed by atoms with Gasteiger partial charge in [0, 0.05) is 31.1 Å². The van der Waals surface area contributed by atoms with Crippen LogP contribution in [0.25, 0.3) is 0 Å². The number of aliphatic hydroxyl groups is 1. The molecule has 3 nitrogen and oxygen atoms in total. The maximum absolute atomic E-state index is 10.7. The van der Waals surface area contributed by atoms with Gasteiger partial charge in [0.25, 0.3) is 0 Å². The second kappa shape index (κ2) is 5.10. The fraction of sp³-hybridized carbons (Fsp3) is 1.00. The number of likely N-dealkylation sites (tertiary alicyclic amines) is 1. The molecule has 0 amide bonds. The lowest BCUT2D eigenvalue weighted by atomic mass is 9.70. The third-order valence-electron chi connectivity index (χ3n) is 5.72. The fourth-order valence-corrected chi connectivity index (χ4v) is 4.39. The minimum Gasteiger partial charge on any atom is -0.390 e. The summed E-state index contributed by atoms with van der Waals surface area (Å²) in [6, 6.07) is 1.19. The Bertz CT molecular complexity index is 288. The molecule has 1 saturated heterocycles. The Morgan fingerprint density at radius 1 is 1.00 bits per heavy atom. The van der Waals surface area contributed by atoms with Gasteiger partial charge in [0.05, 0.1) is 5.60 Å². The van der Waals surface area contributed by atoms with Crippen LogP contribution in [0.2, 0.25) is 0 Å². The normalized spacial score (nSPS) is 46.7. The van der Waals surface area contributed by atoms with Crippen LogP contribution < -0.4 is 5.73 Å². The largest absolute Gasteiger partial charge is 0.390 e. The average molecular weight is 252 g/mol. The van der Waals surface area contributed by atoms with Crippen LogP contribution in [0.3, 0.4) is 0 Å². The molecule has 3 fully saturated rings. The first kappa shape index (κ1) is 12.9. The van der Waals surface area contributed by atoms with Crippen LogP contribution in [0.4, 0.5) is 0 Å². The molecule has 0 aromatic heterocycles. The topological polar surface area (TPSA) is 49.5 Å². The van der Waals surface area contributed by atoms with Crippen molar-refractivity contribution < 1.29 is 5.11 Å². The van der Waals surface area contributed by atoms with Crippen LogP contribution in [0, 0.1) is 5.92 Å². The van der Waals surface area contributed by atoms with Crippen LogP contribution in [-0.4, -0.2) is 40.8 Å². The second-order valence-corrected chi connectivity index (χ2v) is 6.86. The fourth-order valence-electron chi connectivity index (χ4n) is 4.39. The van der Waals surface area contributed by atoms with Crippen molar-refractivity contribution in [3.63, 3.8) is 0 Å². The third-order valence-corrected chi connectivity index (χ3v) is 5.72. The molecule has 3 aliphatic rings. The van der Waals surface area contributed by atoms with Gasteiger partial charge in [-0.15, -0.1) is 0 Å². The van der Waals surface area contributed by atoms with Gasteiger partial charge >= 0.3 is 0 Å². The molecule has 0 bridgehead atoms. The molecule has 104 valence electrons. The predicted octanol–water partition coefficient (Wildman–Crippen LogP) is 1.88. The monoisotopic (exact) mass is 252 g/mol. The van der Waals surface area contributed by atoms with Gasteiger partial charge in [0.1, 0.15) is 0 Å². The van der Waals surface area contributed by atoms with Gasteiger partial charge in [-0.2, -0.15) is 0 Å². The molecule has 3 heteroatoms. The first-order valence-corrected chi connectivity index (χ1v) is 7.89. The third kappa shape index (κ3) is 2.45. The summed E-state index contributed by atoms with van der Waals surface area (Å²) in [7, 11) is 0. The molecular formula is C15H28N2O. The highest BCUT2D eigenvalue weighted by atomic mass is 16.3. The van der Waals surface area contributed by atoms with E-state index in [1.54, 1.807) is 0 Å². The summed E-state index contributed by atoms with van der Waals surface area (Å²) in [4.78, 5) is 2.66. The highest BCUT2D eigenvalue weighted by Crippen LogP contribution is 2.41. The Morgan fingerprint density at radius 2 is 1.78 bits per heavy atom. The van der Waals surface area contributed by atoms with Crippen molar-refractivity contribution >= 4 is 0 Å². The highest BCUT2D eigenvalue weighted by Gasteiger charge is 2.44. The minimum atomic E-state index is -0.320. The van der Waals surface area contributed by atoms with Gasteiger partial charge in [-0.05, 0) is 44.9 Å². The number of hydrogen-bond donors (Lipinski definition) is 2. The molecule has 18 heavy (non-hydrogen) atoms. The molecule has 2 atom stereocenters. The van der Waals surface area contributed by atoms with Crippen molar-refractivity contribution in [2.24, 2.45) is 11.7 Å². The lowest BCUT2D eigenvalue weighted by Crippen LogP contribution is -2.56. The molecule has 1 aliphatic heterocycles. The summed E-state index contributed by atoms with van der Waals surface area (Å²) in [5.74, 6) is 0.538. The van der Waals surface area contributed by atoms with E-state index in [0.717, 1.165) is 32.0 Å². The SMILES string of the molecule is NC1CCC(N2CCC3(O)CCCCC3C2)CC1. The van der Waals surface area contributed by atoms with Crippen molar-refractivity contribution in [2.75, 3.05) is 13.1 Å². The van der Waals surface area contributed by atoms with Gasteiger partial charge in [-0.3, -0.25) is 4.90 Å². The molecular weight excluding hydrogens is 224 g/mol. The molecule has 2 saturated carbocycles. The van der Waals surface area contributed by atoms with E-state index in [9.17, 15) is 5.11 Å². The Labute approximate surface area is 111 Å². The number of piperidine rings is 1. The predicted molar refractivity (Wildman–Crippen MR) is 73.3 cm³/mol. The zero-order chi connectivity index (χ0) is 12.6. The molecule has 2 unspecified atom stereocenters. The number of hydrogen-bond acceptors (Lipinski definition) is 3. The number of fused-ring (bicyclic) bond motifs is 1. The Morgan fingerprint density at radius 3 is 2.56 bits per heavy atom.